The van der Waals surface area contributed by atoms with Crippen LogP contribution in [-0.4, -0.2) is 13.9 Å². The molecular weight excluding hydrogens is 244 g/mol. The van der Waals surface area contributed by atoms with Gasteiger partial charge in [0.15, 0.2) is 0 Å². The van der Waals surface area contributed by atoms with E-state index in [0.717, 1.165) is 0 Å². The molecule has 0 saturated heterocycles. The summed E-state index contributed by atoms with van der Waals surface area (Å²) in [5.74, 6) is 0.0780. The molecule has 0 amide bonds. The number of benzene rings is 1. The van der Waals surface area contributed by atoms with Crippen molar-refractivity contribution in [1.82, 2.24) is 0 Å². The number of hydrogen-bond acceptors (Lipinski definition) is 3. The van der Waals surface area contributed by atoms with Crippen LogP contribution in [0.5, 0.6) is 5.75 Å². The molecule has 0 spiro atoms. The summed E-state index contributed by atoms with van der Waals surface area (Å²) in [6.07, 6.45) is 0. The van der Waals surface area contributed by atoms with Gasteiger partial charge in [-0.2, -0.15) is 0 Å². The molecule has 1 rings (SSSR count). The number of phenols is 1. The molecule has 0 saturated carbocycles. The van der Waals surface area contributed by atoms with Gasteiger partial charge in [-0.05, 0) is 33.6 Å². The molecule has 0 aliphatic heterocycles. The van der Waals surface area contributed by atoms with Crippen molar-refractivity contribution < 1.29 is 13.9 Å². The minimum atomic E-state index is -2.08. The lowest BCUT2D eigenvalue weighted by Gasteiger charge is -2.05. The van der Waals surface area contributed by atoms with E-state index >= 15 is 0 Å². The Hall–Kier alpha value is -0.390. The smallest absolute Gasteiger partial charge is 0.129 e. The van der Waals surface area contributed by atoms with E-state index in [4.69, 9.17) is 5.11 Å². The van der Waals surface area contributed by atoms with Crippen LogP contribution in [0.15, 0.2) is 22.7 Å². The molecule has 5 heteroatoms. The average molecular weight is 250 g/mol. The van der Waals surface area contributed by atoms with Crippen molar-refractivity contribution >= 4 is 27.0 Å². The zero-order valence-electron chi connectivity index (χ0n) is 5.99. The first-order valence-electron chi connectivity index (χ1n) is 3.13. The van der Waals surface area contributed by atoms with E-state index in [9.17, 15) is 8.76 Å². The third-order valence-electron chi connectivity index (χ3n) is 1.30. The first-order chi connectivity index (χ1) is 5.59. The molecule has 1 aromatic carbocycles. The van der Waals surface area contributed by atoms with Crippen LogP contribution in [0.25, 0.3) is 0 Å². The normalized spacial score (nSPS) is 12.8. The monoisotopic (exact) mass is 249 g/mol. The van der Waals surface area contributed by atoms with Crippen molar-refractivity contribution in [2.24, 2.45) is 0 Å². The van der Waals surface area contributed by atoms with Gasteiger partial charge < -0.3 is 9.66 Å². The van der Waals surface area contributed by atoms with Crippen molar-refractivity contribution in [3.63, 3.8) is 0 Å². The van der Waals surface area contributed by atoms with Crippen molar-refractivity contribution in [2.75, 3.05) is 0 Å². The predicted molar refractivity (Wildman–Crippen MR) is 48.4 cm³/mol. The quantitative estimate of drug-likeness (QED) is 0.810. The third-order valence-corrected chi connectivity index (χ3v) is 2.50. The highest BCUT2D eigenvalue weighted by Crippen LogP contribution is 2.24. The molecule has 12 heavy (non-hydrogen) atoms. The van der Waals surface area contributed by atoms with Crippen LogP contribution >= 0.6 is 15.9 Å². The van der Waals surface area contributed by atoms with E-state index in [-0.39, 0.29) is 11.5 Å². The van der Waals surface area contributed by atoms with Gasteiger partial charge in [-0.1, -0.05) is 17.1 Å². The Labute approximate surface area is 80.8 Å². The van der Waals surface area contributed by atoms with Crippen molar-refractivity contribution in [1.29, 1.82) is 0 Å². The molecule has 66 valence electrons. The van der Waals surface area contributed by atoms with Gasteiger partial charge in [0.05, 0.1) is 4.47 Å². The summed E-state index contributed by atoms with van der Waals surface area (Å²) in [6, 6.07) is 4.59. The van der Waals surface area contributed by atoms with E-state index < -0.39 is 11.1 Å². The number of halogens is 1. The number of rotatable bonds is 2. The molecule has 0 bridgehead atoms. The highest BCUT2D eigenvalue weighted by atomic mass is 79.9. The average Bonchev–Trinajstić information content (AvgIpc) is 1.96. The molecular formula is C7H6BrO3S-. The zero-order chi connectivity index (χ0) is 9.14. The fraction of sp³-hybridized carbons (Fsp3) is 0.143. The lowest BCUT2D eigenvalue weighted by molar-refractivity contribution is 0.471. The summed E-state index contributed by atoms with van der Waals surface area (Å²) in [4.78, 5) is 0. The topological polar surface area (TPSA) is 60.4 Å². The van der Waals surface area contributed by atoms with Gasteiger partial charge in [0.25, 0.3) is 0 Å². The third kappa shape index (κ3) is 2.58. The van der Waals surface area contributed by atoms with Gasteiger partial charge in [-0.3, -0.25) is 4.21 Å². The molecule has 0 aromatic heterocycles. The van der Waals surface area contributed by atoms with Crippen LogP contribution in [0, 0.1) is 0 Å². The summed E-state index contributed by atoms with van der Waals surface area (Å²) < 4.78 is 21.1. The van der Waals surface area contributed by atoms with E-state index in [1.165, 1.54) is 6.07 Å². The van der Waals surface area contributed by atoms with Crippen LogP contribution < -0.4 is 0 Å². The molecule has 0 heterocycles. The van der Waals surface area contributed by atoms with Gasteiger partial charge >= 0.3 is 0 Å². The van der Waals surface area contributed by atoms with E-state index in [2.05, 4.69) is 15.9 Å². The number of hydrogen-bond donors (Lipinski definition) is 1. The second-order valence-electron chi connectivity index (χ2n) is 2.23. The summed E-state index contributed by atoms with van der Waals surface area (Å²) in [5, 5.41) is 9.08. The molecule has 3 nitrogen and oxygen atoms in total. The maximum Gasteiger partial charge on any atom is 0.129 e. The molecule has 1 unspecified atom stereocenters. The van der Waals surface area contributed by atoms with Crippen LogP contribution in [0.4, 0.5) is 0 Å². The molecule has 1 N–H and O–H groups in total. The number of phenolic OH excluding ortho intramolecular Hbond substituents is 1. The summed E-state index contributed by atoms with van der Waals surface area (Å²) in [5.41, 5.74) is 0.646. The lowest BCUT2D eigenvalue weighted by atomic mass is 10.2. The fourth-order valence-corrected chi connectivity index (χ4v) is 1.65. The van der Waals surface area contributed by atoms with Gasteiger partial charge in [0, 0.05) is 5.75 Å². The molecule has 0 radical (unpaired) electrons. The highest BCUT2D eigenvalue weighted by Gasteiger charge is 1.98. The van der Waals surface area contributed by atoms with Gasteiger partial charge in [-0.15, -0.1) is 0 Å². The van der Waals surface area contributed by atoms with Crippen LogP contribution in [-0.2, 0) is 16.8 Å². The minimum Gasteiger partial charge on any atom is -0.772 e. The van der Waals surface area contributed by atoms with Gasteiger partial charge in [0.2, 0.25) is 0 Å². The summed E-state index contributed by atoms with van der Waals surface area (Å²) in [7, 11) is 0. The molecule has 1 atom stereocenters. The maximum atomic E-state index is 10.3. The number of aromatic hydroxyl groups is 1. The van der Waals surface area contributed by atoms with Crippen LogP contribution in [0.1, 0.15) is 5.56 Å². The predicted octanol–water partition coefficient (Wildman–Crippen LogP) is 1.53. The molecule has 0 aliphatic rings. The van der Waals surface area contributed by atoms with Gasteiger partial charge in [0.1, 0.15) is 5.75 Å². The Bertz CT molecular complexity index is 314. The van der Waals surface area contributed by atoms with Crippen LogP contribution in [0.3, 0.4) is 0 Å². The van der Waals surface area contributed by atoms with Gasteiger partial charge in [-0.25, -0.2) is 0 Å². The molecule has 1 aromatic rings. The molecule has 0 fully saturated rings. The standard InChI is InChI=1S/C7H7BrO3S/c8-6-3-5(4-12(10)11)1-2-7(6)9/h1-3,9H,4H2,(H,10,11)/p-1. The van der Waals surface area contributed by atoms with Crippen LogP contribution in [0.2, 0.25) is 0 Å². The molecule has 0 aliphatic carbocycles. The SMILES string of the molecule is O=S([O-])Cc1ccc(O)c(Br)c1. The minimum absolute atomic E-state index is 0.0289. The Morgan fingerprint density at radius 3 is 2.75 bits per heavy atom. The Morgan fingerprint density at radius 1 is 1.58 bits per heavy atom. The fourth-order valence-electron chi connectivity index (χ4n) is 0.776. The maximum absolute atomic E-state index is 10.3. The zero-order valence-corrected chi connectivity index (χ0v) is 8.39. The Kier molecular flexibility index (Phi) is 3.25. The second-order valence-corrected chi connectivity index (χ2v) is 3.98. The van der Waals surface area contributed by atoms with Crippen molar-refractivity contribution in [3.8, 4) is 5.75 Å². The largest absolute Gasteiger partial charge is 0.772 e. The van der Waals surface area contributed by atoms with E-state index in [1.54, 1.807) is 12.1 Å². The van der Waals surface area contributed by atoms with E-state index in [0.29, 0.717) is 10.0 Å². The Morgan fingerprint density at radius 2 is 2.25 bits per heavy atom. The Balaban J connectivity index is 2.89. The van der Waals surface area contributed by atoms with Crippen molar-refractivity contribution in [3.05, 3.63) is 28.2 Å². The summed E-state index contributed by atoms with van der Waals surface area (Å²) in [6.45, 7) is 0. The first-order valence-corrected chi connectivity index (χ1v) is 5.16. The van der Waals surface area contributed by atoms with Crippen molar-refractivity contribution in [2.45, 2.75) is 5.75 Å². The highest BCUT2D eigenvalue weighted by molar-refractivity contribution is 9.10. The first kappa shape index (κ1) is 9.70. The lowest BCUT2D eigenvalue weighted by Crippen LogP contribution is -1.92. The second kappa shape index (κ2) is 4.02. The summed E-state index contributed by atoms with van der Waals surface area (Å²) >= 11 is 1.00. The van der Waals surface area contributed by atoms with E-state index in [1.807, 2.05) is 0 Å².